The van der Waals surface area contributed by atoms with Crippen molar-refractivity contribution >= 4 is 29.0 Å². The van der Waals surface area contributed by atoms with E-state index in [-0.39, 0.29) is 12.2 Å². The van der Waals surface area contributed by atoms with Crippen molar-refractivity contribution in [2.75, 3.05) is 14.2 Å². The van der Waals surface area contributed by atoms with Gasteiger partial charge in [0.15, 0.2) is 12.1 Å². The first-order chi connectivity index (χ1) is 7.58. The zero-order chi connectivity index (χ0) is 12.1. The zero-order valence-corrected chi connectivity index (χ0v) is 10.5. The van der Waals surface area contributed by atoms with Crippen LogP contribution in [0.3, 0.4) is 0 Å². The monoisotopic (exact) mass is 262 g/mol. The van der Waals surface area contributed by atoms with Crippen LogP contribution in [0.25, 0.3) is 0 Å². The van der Waals surface area contributed by atoms with Crippen LogP contribution in [0.2, 0.25) is 10.0 Å². The third kappa shape index (κ3) is 3.46. The van der Waals surface area contributed by atoms with E-state index in [1.54, 1.807) is 12.1 Å². The number of carbonyl (C=O) groups excluding carboxylic acids is 1. The Balaban J connectivity index is 2.76. The predicted molar refractivity (Wildman–Crippen MR) is 63.2 cm³/mol. The van der Waals surface area contributed by atoms with Crippen molar-refractivity contribution in [1.82, 2.24) is 0 Å². The molecule has 0 aliphatic carbocycles. The van der Waals surface area contributed by atoms with Gasteiger partial charge in [0.05, 0.1) is 16.5 Å². The first-order valence-corrected chi connectivity index (χ1v) is 5.38. The highest BCUT2D eigenvalue weighted by Crippen LogP contribution is 2.23. The zero-order valence-electron chi connectivity index (χ0n) is 9.00. The van der Waals surface area contributed by atoms with Gasteiger partial charge >= 0.3 is 0 Å². The van der Waals surface area contributed by atoms with E-state index < -0.39 is 6.29 Å². The lowest BCUT2D eigenvalue weighted by Gasteiger charge is -2.12. The molecule has 3 nitrogen and oxygen atoms in total. The van der Waals surface area contributed by atoms with Crippen molar-refractivity contribution in [2.45, 2.75) is 12.7 Å². The highest BCUT2D eigenvalue weighted by atomic mass is 35.5. The van der Waals surface area contributed by atoms with E-state index in [2.05, 4.69) is 0 Å². The third-order valence-corrected chi connectivity index (χ3v) is 2.86. The Hall–Kier alpha value is -0.610. The molecule has 0 bridgehead atoms. The summed E-state index contributed by atoms with van der Waals surface area (Å²) in [5, 5.41) is 0.784. The lowest BCUT2D eigenvalue weighted by atomic mass is 10.1. The lowest BCUT2D eigenvalue weighted by Crippen LogP contribution is -2.18. The molecule has 0 aromatic heterocycles. The van der Waals surface area contributed by atoms with Gasteiger partial charge in [0.1, 0.15) is 0 Å². The predicted octanol–water partition coefficient (Wildman–Crippen LogP) is 3.19. The van der Waals surface area contributed by atoms with Crippen LogP contribution in [0.1, 0.15) is 16.8 Å². The molecule has 0 saturated heterocycles. The highest BCUT2D eigenvalue weighted by Gasteiger charge is 2.14. The van der Waals surface area contributed by atoms with Crippen LogP contribution in [0.15, 0.2) is 18.2 Å². The molecule has 1 rings (SSSR count). The number of rotatable bonds is 5. The molecule has 1 aromatic carbocycles. The van der Waals surface area contributed by atoms with Crippen LogP contribution in [-0.4, -0.2) is 26.3 Å². The first-order valence-electron chi connectivity index (χ1n) is 4.62. The SMILES string of the molecule is COC(CC(=O)c1ccc(Cl)c(Cl)c1)OC. The minimum atomic E-state index is -0.540. The Kier molecular flexibility index (Phi) is 5.22. The molecule has 16 heavy (non-hydrogen) atoms. The molecule has 0 saturated carbocycles. The van der Waals surface area contributed by atoms with Gasteiger partial charge in [-0.1, -0.05) is 23.2 Å². The van der Waals surface area contributed by atoms with Gasteiger partial charge in [-0.2, -0.15) is 0 Å². The van der Waals surface area contributed by atoms with Crippen molar-refractivity contribution in [2.24, 2.45) is 0 Å². The number of Topliss-reactive ketones (excluding diaryl/α,β-unsaturated/α-hetero) is 1. The van der Waals surface area contributed by atoms with Crippen LogP contribution in [0.4, 0.5) is 0 Å². The maximum Gasteiger partial charge on any atom is 0.167 e. The molecular weight excluding hydrogens is 251 g/mol. The fraction of sp³-hybridized carbons (Fsp3) is 0.364. The average molecular weight is 263 g/mol. The van der Waals surface area contributed by atoms with Crippen LogP contribution < -0.4 is 0 Å². The molecule has 88 valence electrons. The van der Waals surface area contributed by atoms with Crippen LogP contribution in [0, 0.1) is 0 Å². The number of benzene rings is 1. The largest absolute Gasteiger partial charge is 0.355 e. The van der Waals surface area contributed by atoms with Crippen molar-refractivity contribution in [1.29, 1.82) is 0 Å². The molecule has 1 aromatic rings. The van der Waals surface area contributed by atoms with E-state index in [0.29, 0.717) is 15.6 Å². The van der Waals surface area contributed by atoms with E-state index >= 15 is 0 Å². The summed E-state index contributed by atoms with van der Waals surface area (Å²) >= 11 is 11.6. The second-order valence-corrected chi connectivity index (χ2v) is 3.97. The minimum absolute atomic E-state index is 0.104. The summed E-state index contributed by atoms with van der Waals surface area (Å²) < 4.78 is 9.89. The number of carbonyl (C=O) groups is 1. The van der Waals surface area contributed by atoms with Gasteiger partial charge in [0, 0.05) is 19.8 Å². The Labute approximate surface area is 104 Å². The van der Waals surface area contributed by atoms with Gasteiger partial charge < -0.3 is 9.47 Å². The van der Waals surface area contributed by atoms with Crippen LogP contribution in [0.5, 0.6) is 0 Å². The van der Waals surface area contributed by atoms with E-state index in [1.165, 1.54) is 20.3 Å². The number of ketones is 1. The van der Waals surface area contributed by atoms with E-state index in [1.807, 2.05) is 0 Å². The molecule has 0 heterocycles. The fourth-order valence-electron chi connectivity index (χ4n) is 1.20. The van der Waals surface area contributed by atoms with Gasteiger partial charge in [-0.05, 0) is 18.2 Å². The molecule has 0 radical (unpaired) electrons. The molecular formula is C11H12Cl2O3. The van der Waals surface area contributed by atoms with Crippen LogP contribution >= 0.6 is 23.2 Å². The maximum absolute atomic E-state index is 11.8. The van der Waals surface area contributed by atoms with Gasteiger partial charge in [-0.3, -0.25) is 4.79 Å². The van der Waals surface area contributed by atoms with Crippen molar-refractivity contribution in [3.8, 4) is 0 Å². The average Bonchev–Trinajstić information content (AvgIpc) is 2.29. The molecule has 0 spiro atoms. The molecule has 0 atom stereocenters. The fourth-order valence-corrected chi connectivity index (χ4v) is 1.50. The number of hydrogen-bond donors (Lipinski definition) is 0. The van der Waals surface area contributed by atoms with Gasteiger partial charge in [0.2, 0.25) is 0 Å². The Bertz CT molecular complexity index is 375. The topological polar surface area (TPSA) is 35.5 Å². The van der Waals surface area contributed by atoms with Gasteiger partial charge in [-0.15, -0.1) is 0 Å². The molecule has 0 N–H and O–H groups in total. The Morgan fingerprint density at radius 1 is 1.25 bits per heavy atom. The summed E-state index contributed by atoms with van der Waals surface area (Å²) in [6.45, 7) is 0. The molecule has 0 fully saturated rings. The first kappa shape index (κ1) is 13.5. The highest BCUT2D eigenvalue weighted by molar-refractivity contribution is 6.42. The Morgan fingerprint density at radius 2 is 1.88 bits per heavy atom. The smallest absolute Gasteiger partial charge is 0.167 e. The molecule has 0 unspecified atom stereocenters. The number of methoxy groups -OCH3 is 2. The summed E-state index contributed by atoms with van der Waals surface area (Å²) in [5.74, 6) is -0.104. The Morgan fingerprint density at radius 3 is 2.38 bits per heavy atom. The third-order valence-electron chi connectivity index (χ3n) is 2.12. The minimum Gasteiger partial charge on any atom is -0.355 e. The van der Waals surface area contributed by atoms with E-state index in [4.69, 9.17) is 32.7 Å². The quantitative estimate of drug-likeness (QED) is 0.604. The number of ether oxygens (including phenoxy) is 2. The molecule has 0 aliphatic rings. The lowest BCUT2D eigenvalue weighted by molar-refractivity contribution is -0.0993. The van der Waals surface area contributed by atoms with E-state index in [9.17, 15) is 4.79 Å². The molecule has 0 amide bonds. The standard InChI is InChI=1S/C11H12Cl2O3/c1-15-11(16-2)6-10(14)7-3-4-8(12)9(13)5-7/h3-5,11H,6H2,1-2H3. The summed E-state index contributed by atoms with van der Waals surface area (Å²) in [5.41, 5.74) is 0.494. The van der Waals surface area contributed by atoms with Crippen molar-refractivity contribution < 1.29 is 14.3 Å². The summed E-state index contributed by atoms with van der Waals surface area (Å²) in [6.07, 6.45) is -0.396. The van der Waals surface area contributed by atoms with Crippen molar-refractivity contribution in [3.63, 3.8) is 0 Å². The maximum atomic E-state index is 11.8. The van der Waals surface area contributed by atoms with Gasteiger partial charge in [-0.25, -0.2) is 0 Å². The summed E-state index contributed by atoms with van der Waals surface area (Å²) in [4.78, 5) is 11.8. The molecule has 0 aliphatic heterocycles. The van der Waals surface area contributed by atoms with E-state index in [0.717, 1.165) is 0 Å². The molecule has 5 heteroatoms. The normalized spacial score (nSPS) is 10.8. The van der Waals surface area contributed by atoms with Gasteiger partial charge in [0.25, 0.3) is 0 Å². The van der Waals surface area contributed by atoms with Crippen LogP contribution in [-0.2, 0) is 9.47 Å². The number of hydrogen-bond acceptors (Lipinski definition) is 3. The number of halogens is 2. The summed E-state index contributed by atoms with van der Waals surface area (Å²) in [7, 11) is 2.96. The second kappa shape index (κ2) is 6.21. The second-order valence-electron chi connectivity index (χ2n) is 3.16. The summed E-state index contributed by atoms with van der Waals surface area (Å²) in [6, 6.07) is 4.75. The van der Waals surface area contributed by atoms with Crippen molar-refractivity contribution in [3.05, 3.63) is 33.8 Å².